The van der Waals surface area contributed by atoms with Gasteiger partial charge >= 0.3 is 0 Å². The van der Waals surface area contributed by atoms with E-state index < -0.39 is 0 Å². The first kappa shape index (κ1) is 31.6. The van der Waals surface area contributed by atoms with Crippen molar-refractivity contribution < 1.29 is 23.9 Å². The summed E-state index contributed by atoms with van der Waals surface area (Å²) in [5, 5.41) is 6.09. The number of amides is 3. The number of fused-ring (bicyclic) bond motifs is 3. The van der Waals surface area contributed by atoms with Gasteiger partial charge in [0.05, 0.1) is 33.7 Å². The zero-order valence-electron chi connectivity index (χ0n) is 27.4. The van der Waals surface area contributed by atoms with Crippen LogP contribution >= 0.6 is 11.3 Å². The molecule has 11 nitrogen and oxygen atoms in total. The number of anilines is 3. The Hall–Kier alpha value is -4.65. The Morgan fingerprint density at radius 3 is 2.57 bits per heavy atom. The number of thiophene rings is 1. The smallest absolute Gasteiger partial charge is 0.261 e. The van der Waals surface area contributed by atoms with Gasteiger partial charge in [-0.1, -0.05) is 0 Å². The van der Waals surface area contributed by atoms with E-state index in [-0.39, 0.29) is 29.2 Å². The third-order valence-corrected chi connectivity index (χ3v) is 11.2. The normalized spacial score (nSPS) is 19.4. The molecule has 0 aliphatic carbocycles. The van der Waals surface area contributed by atoms with Crippen LogP contribution in [0.4, 0.5) is 17.2 Å². The summed E-state index contributed by atoms with van der Waals surface area (Å²) in [7, 11) is 0. The average Bonchev–Trinajstić information content (AvgIpc) is 3.75. The van der Waals surface area contributed by atoms with Gasteiger partial charge in [-0.15, -0.1) is 11.3 Å². The fourth-order valence-electron chi connectivity index (χ4n) is 7.25. The van der Waals surface area contributed by atoms with Crippen molar-refractivity contribution in [3.63, 3.8) is 0 Å². The number of nitrogens with one attached hydrogen (secondary N) is 2. The highest BCUT2D eigenvalue weighted by Crippen LogP contribution is 2.43. The second-order valence-electron chi connectivity index (χ2n) is 13.5. The van der Waals surface area contributed by atoms with Crippen molar-refractivity contribution in [1.82, 2.24) is 15.3 Å². The van der Waals surface area contributed by atoms with Crippen LogP contribution in [-0.2, 0) is 15.9 Å². The molecule has 0 radical (unpaired) electrons. The van der Waals surface area contributed by atoms with E-state index in [1.807, 2.05) is 31.2 Å². The minimum absolute atomic E-state index is 0.0279. The lowest BCUT2D eigenvalue weighted by Gasteiger charge is -2.53. The summed E-state index contributed by atoms with van der Waals surface area (Å²) >= 11 is 1.41. The molecule has 1 aromatic carbocycles. The second kappa shape index (κ2) is 13.0. The SMILES string of the molecule is Cc1cnc(N2CC3(CCOCC3)C2)c(C(=O)Nc2ccc(C(=O)N3CCc4cc(C(=O)N[C@H]5CCOC5)sc4-c4ncccc43)cc2)c1. The van der Waals surface area contributed by atoms with E-state index in [4.69, 9.17) is 9.47 Å². The van der Waals surface area contributed by atoms with Crippen molar-refractivity contribution in [2.24, 2.45) is 5.41 Å². The van der Waals surface area contributed by atoms with E-state index in [2.05, 4.69) is 25.5 Å². The van der Waals surface area contributed by atoms with Crippen LogP contribution in [0.3, 0.4) is 0 Å². The number of pyridine rings is 2. The van der Waals surface area contributed by atoms with Crippen LogP contribution in [0, 0.1) is 12.3 Å². The molecule has 4 aliphatic heterocycles. The van der Waals surface area contributed by atoms with Crippen molar-refractivity contribution in [3.8, 4) is 10.6 Å². The molecule has 1 atom stereocenters. The van der Waals surface area contributed by atoms with Gasteiger partial charge in [-0.3, -0.25) is 19.4 Å². The van der Waals surface area contributed by atoms with Gasteiger partial charge in [0, 0.05) is 68.5 Å². The van der Waals surface area contributed by atoms with Crippen LogP contribution in [0.1, 0.15) is 60.8 Å². The van der Waals surface area contributed by atoms with Crippen LogP contribution < -0.4 is 20.4 Å². The van der Waals surface area contributed by atoms with E-state index in [0.29, 0.717) is 65.1 Å². The largest absolute Gasteiger partial charge is 0.381 e. The Morgan fingerprint density at radius 1 is 0.980 bits per heavy atom. The van der Waals surface area contributed by atoms with Crippen molar-refractivity contribution in [1.29, 1.82) is 0 Å². The number of aryl methyl sites for hydroxylation is 1. The molecule has 0 saturated carbocycles. The third-order valence-electron chi connectivity index (χ3n) is 9.98. The number of rotatable bonds is 6. The van der Waals surface area contributed by atoms with E-state index in [9.17, 15) is 14.4 Å². The molecule has 0 unspecified atom stereocenters. The number of ether oxygens (including phenoxy) is 2. The van der Waals surface area contributed by atoms with Crippen molar-refractivity contribution >= 4 is 46.3 Å². The molecular formula is C37H38N6O5S. The summed E-state index contributed by atoms with van der Waals surface area (Å²) in [6, 6.07) is 14.6. The van der Waals surface area contributed by atoms with Gasteiger partial charge in [-0.25, -0.2) is 4.98 Å². The standard InChI is InChI=1S/C37H38N6O5S/c1-23-17-28(33(39-19-23)42-21-37(22-42)10-15-47-16-11-37)34(44)40-26-6-4-24(5-7-26)36(46)43-13-8-25-18-30(35(45)41-27-9-14-48-20-27)49-32(25)31-29(43)3-2-12-38-31/h2-7,12,17-19,27H,8-11,13-16,20-22H2,1H3,(H,40,44)(H,41,45)/t27-/m0/s1. The number of aromatic nitrogens is 2. The Bertz CT molecular complexity index is 1910. The van der Waals surface area contributed by atoms with Gasteiger partial charge in [0.25, 0.3) is 17.7 Å². The van der Waals surface area contributed by atoms with E-state index in [0.717, 1.165) is 61.6 Å². The van der Waals surface area contributed by atoms with Crippen LogP contribution in [0.25, 0.3) is 10.6 Å². The highest BCUT2D eigenvalue weighted by molar-refractivity contribution is 7.17. The first-order chi connectivity index (χ1) is 23.9. The highest BCUT2D eigenvalue weighted by Gasteiger charge is 2.45. The van der Waals surface area contributed by atoms with Gasteiger partial charge in [0.1, 0.15) is 11.5 Å². The first-order valence-corrected chi connectivity index (χ1v) is 17.7. The molecule has 4 aliphatic rings. The summed E-state index contributed by atoms with van der Waals surface area (Å²) in [5.74, 6) is 0.197. The van der Waals surface area contributed by atoms with Crippen LogP contribution in [-0.4, -0.2) is 79.8 Å². The number of nitrogens with zero attached hydrogens (tertiary/aromatic N) is 4. The maximum atomic E-state index is 14.0. The molecule has 3 amide bonds. The molecule has 2 N–H and O–H groups in total. The van der Waals surface area contributed by atoms with Gasteiger partial charge in [-0.2, -0.15) is 0 Å². The summed E-state index contributed by atoms with van der Waals surface area (Å²) < 4.78 is 11.0. The number of carbonyl (C=O) groups excluding carboxylic acids is 3. The molecule has 49 heavy (non-hydrogen) atoms. The van der Waals surface area contributed by atoms with Crippen LogP contribution in [0.2, 0.25) is 0 Å². The van der Waals surface area contributed by atoms with Gasteiger partial charge < -0.3 is 29.9 Å². The lowest BCUT2D eigenvalue weighted by molar-refractivity contribution is -0.000511. The van der Waals surface area contributed by atoms with Crippen molar-refractivity contribution in [3.05, 3.63) is 88.1 Å². The molecule has 3 aromatic heterocycles. The second-order valence-corrected chi connectivity index (χ2v) is 14.5. The molecule has 4 aromatic rings. The lowest BCUT2D eigenvalue weighted by atomic mass is 9.73. The molecule has 8 rings (SSSR count). The van der Waals surface area contributed by atoms with E-state index in [1.54, 1.807) is 41.6 Å². The minimum Gasteiger partial charge on any atom is -0.381 e. The molecule has 1 spiro atoms. The fraction of sp³-hybridized carbons (Fsp3) is 0.378. The predicted octanol–water partition coefficient (Wildman–Crippen LogP) is 5.10. The van der Waals surface area contributed by atoms with Gasteiger partial charge in [0.2, 0.25) is 0 Å². The molecular weight excluding hydrogens is 641 g/mol. The highest BCUT2D eigenvalue weighted by atomic mass is 32.1. The zero-order chi connectivity index (χ0) is 33.5. The van der Waals surface area contributed by atoms with Crippen molar-refractivity contribution in [2.45, 2.75) is 38.6 Å². The Morgan fingerprint density at radius 2 is 1.80 bits per heavy atom. The van der Waals surface area contributed by atoms with E-state index in [1.165, 1.54) is 11.3 Å². The van der Waals surface area contributed by atoms with Crippen molar-refractivity contribution in [2.75, 3.05) is 61.2 Å². The summed E-state index contributed by atoms with van der Waals surface area (Å²) in [4.78, 5) is 55.3. The maximum Gasteiger partial charge on any atom is 0.261 e. The van der Waals surface area contributed by atoms with Gasteiger partial charge in [-0.05, 0) is 92.3 Å². The maximum absolute atomic E-state index is 14.0. The lowest BCUT2D eigenvalue weighted by Crippen LogP contribution is -2.59. The Labute approximate surface area is 288 Å². The molecule has 12 heteroatoms. The van der Waals surface area contributed by atoms with Crippen LogP contribution in [0.5, 0.6) is 0 Å². The first-order valence-electron chi connectivity index (χ1n) is 16.9. The molecule has 252 valence electrons. The number of benzene rings is 1. The monoisotopic (exact) mass is 678 g/mol. The van der Waals surface area contributed by atoms with Crippen LogP contribution in [0.15, 0.2) is 60.9 Å². The molecule has 0 bridgehead atoms. The summed E-state index contributed by atoms with van der Waals surface area (Å²) in [6.07, 6.45) is 6.98. The summed E-state index contributed by atoms with van der Waals surface area (Å²) in [6.45, 7) is 6.88. The molecule has 3 saturated heterocycles. The molecule has 3 fully saturated rings. The quantitative estimate of drug-likeness (QED) is 0.289. The zero-order valence-corrected chi connectivity index (χ0v) is 28.2. The predicted molar refractivity (Wildman–Crippen MR) is 188 cm³/mol. The van der Waals surface area contributed by atoms with E-state index >= 15 is 0 Å². The molecule has 7 heterocycles. The summed E-state index contributed by atoms with van der Waals surface area (Å²) in [5.41, 5.74) is 5.18. The average molecular weight is 679 g/mol. The topological polar surface area (TPSA) is 126 Å². The Balaban J connectivity index is 0.968. The minimum atomic E-state index is -0.235. The number of carbonyl (C=O) groups is 3. The fourth-order valence-corrected chi connectivity index (χ4v) is 8.37. The number of hydrogen-bond donors (Lipinski definition) is 2. The number of hydrogen-bond acceptors (Lipinski definition) is 9. The third kappa shape index (κ3) is 6.20. The Kier molecular flexibility index (Phi) is 8.38. The van der Waals surface area contributed by atoms with Gasteiger partial charge in [0.15, 0.2) is 0 Å².